The monoisotopic (exact) mass is 246 g/mol. The van der Waals surface area contributed by atoms with E-state index in [0.29, 0.717) is 4.88 Å². The number of hydrogen-bond donors (Lipinski definition) is 2. The van der Waals surface area contributed by atoms with Gasteiger partial charge in [-0.15, -0.1) is 11.3 Å². The third-order valence-electron chi connectivity index (χ3n) is 1.99. The molecule has 1 aromatic carbocycles. The fourth-order valence-electron chi connectivity index (χ4n) is 1.23. The van der Waals surface area contributed by atoms with Gasteiger partial charge in [-0.3, -0.25) is 4.79 Å². The van der Waals surface area contributed by atoms with Crippen LogP contribution in [0.4, 0.5) is 0 Å². The SMILES string of the molecule is O=C(N/N=C/c1cccc(O)c1)c1cccs1. The molecule has 17 heavy (non-hydrogen) atoms. The number of nitrogens with one attached hydrogen (secondary N) is 1. The van der Waals surface area contributed by atoms with E-state index in [4.69, 9.17) is 0 Å². The molecule has 0 saturated carbocycles. The number of carbonyl (C=O) groups is 1. The summed E-state index contributed by atoms with van der Waals surface area (Å²) in [5, 5.41) is 14.9. The summed E-state index contributed by atoms with van der Waals surface area (Å²) in [7, 11) is 0. The first-order valence-corrected chi connectivity index (χ1v) is 5.79. The largest absolute Gasteiger partial charge is 0.508 e. The Morgan fingerprint density at radius 1 is 1.35 bits per heavy atom. The third-order valence-corrected chi connectivity index (χ3v) is 2.86. The van der Waals surface area contributed by atoms with Crippen molar-refractivity contribution in [3.63, 3.8) is 0 Å². The number of phenolic OH excluding ortho intramolecular Hbond substituents is 1. The minimum absolute atomic E-state index is 0.165. The lowest BCUT2D eigenvalue weighted by molar-refractivity contribution is 0.0959. The van der Waals surface area contributed by atoms with Crippen LogP contribution in [0.1, 0.15) is 15.2 Å². The highest BCUT2D eigenvalue weighted by Crippen LogP contribution is 2.09. The second kappa shape index (κ2) is 5.27. The van der Waals surface area contributed by atoms with E-state index < -0.39 is 0 Å². The van der Waals surface area contributed by atoms with Crippen LogP contribution in [-0.2, 0) is 0 Å². The maximum atomic E-state index is 11.5. The van der Waals surface area contributed by atoms with Crippen LogP contribution in [-0.4, -0.2) is 17.2 Å². The number of phenols is 1. The lowest BCUT2D eigenvalue weighted by Crippen LogP contribution is -2.16. The van der Waals surface area contributed by atoms with E-state index in [9.17, 15) is 9.90 Å². The first kappa shape index (κ1) is 11.3. The number of hydrogen-bond acceptors (Lipinski definition) is 4. The van der Waals surface area contributed by atoms with Gasteiger partial charge in [-0.25, -0.2) is 5.43 Å². The zero-order valence-electron chi connectivity index (χ0n) is 8.83. The highest BCUT2D eigenvalue weighted by molar-refractivity contribution is 7.12. The van der Waals surface area contributed by atoms with E-state index in [1.165, 1.54) is 17.6 Å². The summed E-state index contributed by atoms with van der Waals surface area (Å²) in [6.07, 6.45) is 1.48. The average Bonchev–Trinajstić information content (AvgIpc) is 2.82. The van der Waals surface area contributed by atoms with Crippen molar-refractivity contribution in [3.05, 3.63) is 52.2 Å². The molecule has 0 fully saturated rings. The highest BCUT2D eigenvalue weighted by atomic mass is 32.1. The molecule has 1 amide bonds. The molecule has 0 spiro atoms. The van der Waals surface area contributed by atoms with Gasteiger partial charge in [0.1, 0.15) is 5.75 Å². The predicted molar refractivity (Wildman–Crippen MR) is 67.5 cm³/mol. The molecule has 0 saturated heterocycles. The lowest BCUT2D eigenvalue weighted by atomic mass is 10.2. The van der Waals surface area contributed by atoms with Crippen molar-refractivity contribution in [1.82, 2.24) is 5.43 Å². The Kier molecular flexibility index (Phi) is 3.52. The van der Waals surface area contributed by atoms with Gasteiger partial charge < -0.3 is 5.11 Å². The van der Waals surface area contributed by atoms with E-state index in [1.807, 2.05) is 5.38 Å². The van der Waals surface area contributed by atoms with Crippen LogP contribution in [0, 0.1) is 0 Å². The van der Waals surface area contributed by atoms with Gasteiger partial charge in [0, 0.05) is 0 Å². The number of nitrogens with zero attached hydrogens (tertiary/aromatic N) is 1. The topological polar surface area (TPSA) is 61.7 Å². The molecule has 1 aromatic heterocycles. The van der Waals surface area contributed by atoms with Crippen molar-refractivity contribution in [3.8, 4) is 5.75 Å². The summed E-state index contributed by atoms with van der Waals surface area (Å²) in [4.78, 5) is 12.1. The van der Waals surface area contributed by atoms with Crippen LogP contribution in [0.25, 0.3) is 0 Å². The molecular formula is C12H10N2O2S. The quantitative estimate of drug-likeness (QED) is 0.644. The Morgan fingerprint density at radius 3 is 2.94 bits per heavy atom. The van der Waals surface area contributed by atoms with Crippen molar-refractivity contribution < 1.29 is 9.90 Å². The molecular weight excluding hydrogens is 236 g/mol. The van der Waals surface area contributed by atoms with Crippen LogP contribution in [0.5, 0.6) is 5.75 Å². The van der Waals surface area contributed by atoms with Crippen molar-refractivity contribution >= 4 is 23.5 Å². The summed E-state index contributed by atoms with van der Waals surface area (Å²) in [5.41, 5.74) is 3.13. The fourth-order valence-corrected chi connectivity index (χ4v) is 1.85. The van der Waals surface area contributed by atoms with Gasteiger partial charge in [0.15, 0.2) is 0 Å². The predicted octanol–water partition coefficient (Wildman–Crippen LogP) is 2.22. The van der Waals surface area contributed by atoms with Crippen LogP contribution < -0.4 is 5.43 Å². The minimum atomic E-state index is -0.239. The smallest absolute Gasteiger partial charge is 0.281 e. The molecule has 1 heterocycles. The molecule has 86 valence electrons. The van der Waals surface area contributed by atoms with Crippen LogP contribution in [0.2, 0.25) is 0 Å². The van der Waals surface area contributed by atoms with Crippen molar-refractivity contribution in [2.45, 2.75) is 0 Å². The van der Waals surface area contributed by atoms with E-state index >= 15 is 0 Å². The van der Waals surface area contributed by atoms with Crippen molar-refractivity contribution in [2.75, 3.05) is 0 Å². The summed E-state index contributed by atoms with van der Waals surface area (Å²) in [6.45, 7) is 0. The van der Waals surface area contributed by atoms with Gasteiger partial charge in [0.25, 0.3) is 5.91 Å². The molecule has 0 atom stereocenters. The van der Waals surface area contributed by atoms with Gasteiger partial charge in [0.2, 0.25) is 0 Å². The molecule has 0 aliphatic rings. The van der Waals surface area contributed by atoms with Gasteiger partial charge in [-0.1, -0.05) is 18.2 Å². The van der Waals surface area contributed by atoms with Crippen LogP contribution >= 0.6 is 11.3 Å². The second-order valence-corrected chi connectivity index (χ2v) is 4.22. The minimum Gasteiger partial charge on any atom is -0.508 e. The second-order valence-electron chi connectivity index (χ2n) is 3.27. The van der Waals surface area contributed by atoms with Crippen LogP contribution in [0.15, 0.2) is 46.9 Å². The Bertz CT molecular complexity index is 535. The Labute approximate surface area is 102 Å². The fraction of sp³-hybridized carbons (Fsp3) is 0. The number of amides is 1. The molecule has 5 heteroatoms. The molecule has 0 radical (unpaired) electrons. The van der Waals surface area contributed by atoms with Gasteiger partial charge in [0.05, 0.1) is 11.1 Å². The number of hydrazone groups is 1. The third kappa shape index (κ3) is 3.15. The Balaban J connectivity index is 1.96. The van der Waals surface area contributed by atoms with E-state index in [1.54, 1.807) is 36.4 Å². The van der Waals surface area contributed by atoms with E-state index in [2.05, 4.69) is 10.5 Å². The van der Waals surface area contributed by atoms with Crippen molar-refractivity contribution in [2.24, 2.45) is 5.10 Å². The van der Waals surface area contributed by atoms with E-state index in [-0.39, 0.29) is 11.7 Å². The van der Waals surface area contributed by atoms with E-state index in [0.717, 1.165) is 5.56 Å². The zero-order chi connectivity index (χ0) is 12.1. The Hall–Kier alpha value is -2.14. The lowest BCUT2D eigenvalue weighted by Gasteiger charge is -1.96. The standard InChI is InChI=1S/C12H10N2O2S/c15-10-4-1-3-9(7-10)8-13-14-12(16)11-5-2-6-17-11/h1-8,15H,(H,14,16)/b13-8+. The summed E-state index contributed by atoms with van der Waals surface area (Å²) < 4.78 is 0. The molecule has 2 aromatic rings. The molecule has 4 nitrogen and oxygen atoms in total. The normalized spacial score (nSPS) is 10.6. The van der Waals surface area contributed by atoms with Crippen LogP contribution in [0.3, 0.4) is 0 Å². The zero-order valence-corrected chi connectivity index (χ0v) is 9.65. The summed E-state index contributed by atoms with van der Waals surface area (Å²) in [5.74, 6) is -0.0741. The Morgan fingerprint density at radius 2 is 2.24 bits per heavy atom. The summed E-state index contributed by atoms with van der Waals surface area (Å²) >= 11 is 1.35. The first-order valence-electron chi connectivity index (χ1n) is 4.91. The van der Waals surface area contributed by atoms with Gasteiger partial charge in [-0.2, -0.15) is 5.10 Å². The molecule has 2 N–H and O–H groups in total. The van der Waals surface area contributed by atoms with Crippen molar-refractivity contribution in [1.29, 1.82) is 0 Å². The molecule has 0 aliphatic carbocycles. The summed E-state index contributed by atoms with van der Waals surface area (Å²) in [6, 6.07) is 10.1. The number of aromatic hydroxyl groups is 1. The highest BCUT2D eigenvalue weighted by Gasteiger charge is 2.03. The number of rotatable bonds is 3. The number of thiophene rings is 1. The van der Waals surface area contributed by atoms with Gasteiger partial charge >= 0.3 is 0 Å². The maximum Gasteiger partial charge on any atom is 0.281 e. The number of benzene rings is 1. The molecule has 2 rings (SSSR count). The first-order chi connectivity index (χ1) is 8.25. The maximum absolute atomic E-state index is 11.5. The molecule has 0 aliphatic heterocycles. The molecule has 0 bridgehead atoms. The molecule has 0 unspecified atom stereocenters. The number of carbonyl (C=O) groups excluding carboxylic acids is 1. The average molecular weight is 246 g/mol. The van der Waals surface area contributed by atoms with Gasteiger partial charge in [-0.05, 0) is 29.1 Å².